The van der Waals surface area contributed by atoms with Gasteiger partial charge in [0.2, 0.25) is 5.91 Å². The van der Waals surface area contributed by atoms with Crippen LogP contribution in [0, 0.1) is 0 Å². The van der Waals surface area contributed by atoms with Crippen LogP contribution < -0.4 is 4.90 Å². The zero-order chi connectivity index (χ0) is 16.4. The van der Waals surface area contributed by atoms with Gasteiger partial charge in [-0.15, -0.1) is 0 Å². The van der Waals surface area contributed by atoms with Gasteiger partial charge in [0.25, 0.3) is 0 Å². The minimum absolute atomic E-state index is 0.139. The third-order valence-electron chi connectivity index (χ3n) is 4.54. The topological polar surface area (TPSA) is 51.3 Å². The van der Waals surface area contributed by atoms with Crippen molar-refractivity contribution in [2.45, 2.75) is 25.3 Å². The molecule has 0 fully saturated rings. The molecule has 24 heavy (non-hydrogen) atoms. The van der Waals surface area contributed by atoms with Crippen LogP contribution in [0.4, 0.5) is 5.69 Å². The minimum Gasteiger partial charge on any atom is -0.472 e. The molecule has 0 bridgehead atoms. The third kappa shape index (κ3) is 2.85. The maximum atomic E-state index is 12.8. The number of fused-ring (bicyclic) bond motifs is 1. The summed E-state index contributed by atoms with van der Waals surface area (Å²) in [5.74, 6) is 0.139. The van der Waals surface area contributed by atoms with Crippen molar-refractivity contribution in [1.29, 1.82) is 0 Å². The summed E-state index contributed by atoms with van der Waals surface area (Å²) in [5.41, 5.74) is 3.27. The van der Waals surface area contributed by atoms with Crippen LogP contribution in [-0.4, -0.2) is 22.2 Å². The number of furan rings is 1. The SMILES string of the molecule is O=C(CCc1ccoc1)N1C[C@@H](n2cccn2)Cc2ccccc21. The highest BCUT2D eigenvalue weighted by atomic mass is 16.3. The molecule has 1 aliphatic heterocycles. The number of para-hydroxylation sites is 1. The Morgan fingerprint density at radius 3 is 2.96 bits per heavy atom. The molecule has 4 rings (SSSR count). The van der Waals surface area contributed by atoms with E-state index in [0.29, 0.717) is 19.4 Å². The van der Waals surface area contributed by atoms with Crippen LogP contribution in [0.1, 0.15) is 23.6 Å². The monoisotopic (exact) mass is 321 g/mol. The highest BCUT2D eigenvalue weighted by molar-refractivity contribution is 5.94. The maximum absolute atomic E-state index is 12.8. The van der Waals surface area contributed by atoms with Gasteiger partial charge in [-0.2, -0.15) is 5.10 Å². The summed E-state index contributed by atoms with van der Waals surface area (Å²) >= 11 is 0. The second-order valence-electron chi connectivity index (χ2n) is 6.11. The minimum atomic E-state index is 0.139. The predicted molar refractivity (Wildman–Crippen MR) is 90.8 cm³/mol. The number of amides is 1. The van der Waals surface area contributed by atoms with Crippen LogP contribution in [0.25, 0.3) is 0 Å². The molecule has 0 unspecified atom stereocenters. The number of nitrogens with zero attached hydrogens (tertiary/aromatic N) is 3. The number of aryl methyl sites for hydroxylation is 1. The lowest BCUT2D eigenvalue weighted by atomic mass is 9.97. The molecule has 0 spiro atoms. The lowest BCUT2D eigenvalue weighted by Crippen LogP contribution is -2.41. The van der Waals surface area contributed by atoms with Crippen molar-refractivity contribution >= 4 is 11.6 Å². The first-order valence-electron chi connectivity index (χ1n) is 8.20. The summed E-state index contributed by atoms with van der Waals surface area (Å²) < 4.78 is 7.03. The van der Waals surface area contributed by atoms with Crippen LogP contribution >= 0.6 is 0 Å². The van der Waals surface area contributed by atoms with Gasteiger partial charge in [-0.05, 0) is 42.2 Å². The van der Waals surface area contributed by atoms with Crippen molar-refractivity contribution in [3.8, 4) is 0 Å². The normalized spacial score (nSPS) is 16.8. The molecule has 1 atom stereocenters. The molecule has 2 aromatic heterocycles. The third-order valence-corrected chi connectivity index (χ3v) is 4.54. The zero-order valence-corrected chi connectivity index (χ0v) is 13.3. The number of carbonyl (C=O) groups excluding carboxylic acids is 1. The summed E-state index contributed by atoms with van der Waals surface area (Å²) in [6, 6.07) is 12.1. The van der Waals surface area contributed by atoms with Gasteiger partial charge in [0.1, 0.15) is 0 Å². The van der Waals surface area contributed by atoms with Gasteiger partial charge in [-0.1, -0.05) is 18.2 Å². The fourth-order valence-corrected chi connectivity index (χ4v) is 3.31. The second-order valence-corrected chi connectivity index (χ2v) is 6.11. The summed E-state index contributed by atoms with van der Waals surface area (Å²) in [5, 5.41) is 4.36. The average molecular weight is 321 g/mol. The summed E-state index contributed by atoms with van der Waals surface area (Å²) in [7, 11) is 0. The molecule has 0 radical (unpaired) electrons. The van der Waals surface area contributed by atoms with Crippen molar-refractivity contribution in [3.63, 3.8) is 0 Å². The number of rotatable bonds is 4. The number of carbonyl (C=O) groups is 1. The Labute approximate surface area is 140 Å². The van der Waals surface area contributed by atoms with E-state index in [2.05, 4.69) is 11.2 Å². The Bertz CT molecular complexity index is 809. The van der Waals surface area contributed by atoms with Crippen molar-refractivity contribution in [2.75, 3.05) is 11.4 Å². The molecule has 0 saturated heterocycles. The first kappa shape index (κ1) is 14.8. The predicted octanol–water partition coefficient (Wildman–Crippen LogP) is 3.24. The van der Waals surface area contributed by atoms with E-state index in [9.17, 15) is 4.79 Å². The van der Waals surface area contributed by atoms with Crippen LogP contribution in [0.5, 0.6) is 0 Å². The molecule has 0 aliphatic carbocycles. The zero-order valence-electron chi connectivity index (χ0n) is 13.3. The van der Waals surface area contributed by atoms with Crippen molar-refractivity contribution in [2.24, 2.45) is 0 Å². The van der Waals surface area contributed by atoms with Gasteiger partial charge in [0, 0.05) is 31.0 Å². The van der Waals surface area contributed by atoms with E-state index >= 15 is 0 Å². The maximum Gasteiger partial charge on any atom is 0.227 e. The fourth-order valence-electron chi connectivity index (χ4n) is 3.31. The molecule has 122 valence electrons. The molecule has 1 amide bonds. The molecule has 1 aliphatic rings. The number of hydrogen-bond donors (Lipinski definition) is 0. The van der Waals surface area contributed by atoms with Crippen molar-refractivity contribution in [3.05, 3.63) is 72.4 Å². The summed E-state index contributed by atoms with van der Waals surface area (Å²) in [6.07, 6.45) is 9.15. The van der Waals surface area contributed by atoms with Crippen LogP contribution in [-0.2, 0) is 17.6 Å². The summed E-state index contributed by atoms with van der Waals surface area (Å²) in [6.45, 7) is 0.656. The van der Waals surface area contributed by atoms with E-state index in [1.807, 2.05) is 46.1 Å². The average Bonchev–Trinajstić information content (AvgIpc) is 3.32. The van der Waals surface area contributed by atoms with E-state index in [-0.39, 0.29) is 11.9 Å². The highest BCUT2D eigenvalue weighted by Gasteiger charge is 2.29. The molecule has 0 N–H and O–H groups in total. The number of benzene rings is 1. The Balaban J connectivity index is 1.56. The lowest BCUT2D eigenvalue weighted by molar-refractivity contribution is -0.118. The van der Waals surface area contributed by atoms with Gasteiger partial charge in [-0.3, -0.25) is 9.48 Å². The Hall–Kier alpha value is -2.82. The van der Waals surface area contributed by atoms with Gasteiger partial charge in [-0.25, -0.2) is 0 Å². The Morgan fingerprint density at radius 1 is 1.25 bits per heavy atom. The van der Waals surface area contributed by atoms with Gasteiger partial charge >= 0.3 is 0 Å². The van der Waals surface area contributed by atoms with Crippen LogP contribution in [0.2, 0.25) is 0 Å². The smallest absolute Gasteiger partial charge is 0.227 e. The van der Waals surface area contributed by atoms with Gasteiger partial charge in [0.15, 0.2) is 0 Å². The molecule has 5 heteroatoms. The molecule has 3 aromatic rings. The molecule has 3 heterocycles. The molecule has 0 saturated carbocycles. The van der Waals surface area contributed by atoms with Gasteiger partial charge < -0.3 is 9.32 Å². The van der Waals surface area contributed by atoms with Crippen LogP contribution in [0.15, 0.2) is 65.7 Å². The van der Waals surface area contributed by atoms with E-state index in [0.717, 1.165) is 17.7 Å². The largest absolute Gasteiger partial charge is 0.472 e. The highest BCUT2D eigenvalue weighted by Crippen LogP contribution is 2.32. The molecular formula is C19H19N3O2. The number of aromatic nitrogens is 2. The Kier molecular flexibility index (Phi) is 3.91. The van der Waals surface area contributed by atoms with Crippen molar-refractivity contribution < 1.29 is 9.21 Å². The first-order chi connectivity index (χ1) is 11.8. The summed E-state index contributed by atoms with van der Waals surface area (Å²) in [4.78, 5) is 14.7. The second kappa shape index (κ2) is 6.35. The van der Waals surface area contributed by atoms with Gasteiger partial charge in [0.05, 0.1) is 18.6 Å². The van der Waals surface area contributed by atoms with Crippen LogP contribution in [0.3, 0.4) is 0 Å². The first-order valence-corrected chi connectivity index (χ1v) is 8.20. The molecular weight excluding hydrogens is 302 g/mol. The fraction of sp³-hybridized carbons (Fsp3) is 0.263. The Morgan fingerprint density at radius 2 is 2.17 bits per heavy atom. The number of hydrogen-bond acceptors (Lipinski definition) is 3. The quantitative estimate of drug-likeness (QED) is 0.741. The lowest BCUT2D eigenvalue weighted by Gasteiger charge is -2.34. The van der Waals surface area contributed by atoms with E-state index in [1.165, 1.54) is 5.56 Å². The number of anilines is 1. The van der Waals surface area contributed by atoms with E-state index < -0.39 is 0 Å². The molecule has 5 nitrogen and oxygen atoms in total. The van der Waals surface area contributed by atoms with E-state index in [1.54, 1.807) is 18.7 Å². The van der Waals surface area contributed by atoms with Crippen molar-refractivity contribution in [1.82, 2.24) is 9.78 Å². The molecule has 1 aromatic carbocycles. The standard InChI is InChI=1S/C19H19N3O2/c23-19(7-6-15-8-11-24-14-15)21-13-17(22-10-3-9-20-22)12-16-4-1-2-5-18(16)21/h1-5,8-11,14,17H,6-7,12-13H2/t17-/m0/s1. The van der Waals surface area contributed by atoms with E-state index in [4.69, 9.17) is 4.42 Å².